The van der Waals surface area contributed by atoms with E-state index in [-0.39, 0.29) is 10.6 Å². The van der Waals surface area contributed by atoms with E-state index in [1.165, 1.54) is 18.5 Å². The van der Waals surface area contributed by atoms with Crippen LogP contribution in [0.15, 0.2) is 41.6 Å². The zero-order valence-corrected chi connectivity index (χ0v) is 11.5. The summed E-state index contributed by atoms with van der Waals surface area (Å²) < 4.78 is 26.9. The summed E-state index contributed by atoms with van der Waals surface area (Å²) in [5, 5.41) is 0. The molecule has 19 heavy (non-hydrogen) atoms. The van der Waals surface area contributed by atoms with Crippen LogP contribution in [0.25, 0.3) is 0 Å². The Bertz CT molecular complexity index is 712. The normalized spacial score (nSPS) is 11.3. The second kappa shape index (κ2) is 4.89. The van der Waals surface area contributed by atoms with E-state index in [0.29, 0.717) is 5.69 Å². The molecule has 0 unspecified atom stereocenters. The quantitative estimate of drug-likeness (QED) is 0.899. The van der Waals surface area contributed by atoms with Crippen molar-refractivity contribution >= 4 is 21.4 Å². The van der Waals surface area contributed by atoms with Gasteiger partial charge in [0, 0.05) is 6.20 Å². The van der Waals surface area contributed by atoms with E-state index in [1.807, 2.05) is 13.8 Å². The SMILES string of the molecule is Cc1ccc(S(=O)(=O)Nc2ccncc2N)cc1C. The standard InChI is InChI=1S/C13H15N3O2S/c1-9-3-4-11(7-10(9)2)19(17,18)16-13-5-6-15-8-12(13)14/h3-8H,14H2,1-2H3,(H,15,16). The van der Waals surface area contributed by atoms with Crippen LogP contribution in [0.1, 0.15) is 11.1 Å². The van der Waals surface area contributed by atoms with Crippen molar-refractivity contribution in [3.63, 3.8) is 0 Å². The fraction of sp³-hybridized carbons (Fsp3) is 0.154. The number of sulfonamides is 1. The molecule has 0 bridgehead atoms. The van der Waals surface area contributed by atoms with Crippen molar-refractivity contribution in [1.29, 1.82) is 0 Å². The summed E-state index contributed by atoms with van der Waals surface area (Å²) in [5.74, 6) is 0. The monoisotopic (exact) mass is 277 g/mol. The molecule has 0 radical (unpaired) electrons. The Morgan fingerprint density at radius 3 is 2.53 bits per heavy atom. The van der Waals surface area contributed by atoms with Crippen LogP contribution in [-0.2, 0) is 10.0 Å². The first-order chi connectivity index (χ1) is 8.90. The first-order valence-electron chi connectivity index (χ1n) is 5.70. The Balaban J connectivity index is 2.38. The summed E-state index contributed by atoms with van der Waals surface area (Å²) in [4.78, 5) is 4.03. The third-order valence-corrected chi connectivity index (χ3v) is 4.25. The van der Waals surface area contributed by atoms with Crippen LogP contribution in [0, 0.1) is 13.8 Å². The van der Waals surface area contributed by atoms with Gasteiger partial charge in [-0.2, -0.15) is 0 Å². The maximum Gasteiger partial charge on any atom is 0.261 e. The van der Waals surface area contributed by atoms with Gasteiger partial charge < -0.3 is 5.73 Å². The minimum Gasteiger partial charge on any atom is -0.396 e. The van der Waals surface area contributed by atoms with Gasteiger partial charge >= 0.3 is 0 Å². The van der Waals surface area contributed by atoms with Gasteiger partial charge in [-0.15, -0.1) is 0 Å². The van der Waals surface area contributed by atoms with Crippen LogP contribution in [0.4, 0.5) is 11.4 Å². The second-order valence-electron chi connectivity index (χ2n) is 4.31. The summed E-state index contributed by atoms with van der Waals surface area (Å²) in [6.45, 7) is 3.80. The molecule has 0 atom stereocenters. The number of pyridine rings is 1. The van der Waals surface area contributed by atoms with Gasteiger partial charge in [-0.25, -0.2) is 8.42 Å². The third-order valence-electron chi connectivity index (χ3n) is 2.88. The molecule has 3 N–H and O–H groups in total. The lowest BCUT2D eigenvalue weighted by Crippen LogP contribution is -2.14. The van der Waals surface area contributed by atoms with Gasteiger partial charge in [-0.05, 0) is 43.2 Å². The predicted octanol–water partition coefficient (Wildman–Crippen LogP) is 2.08. The first-order valence-corrected chi connectivity index (χ1v) is 7.18. The number of nitrogens with two attached hydrogens (primary N) is 1. The molecule has 1 aromatic carbocycles. The minimum absolute atomic E-state index is 0.215. The number of nitrogen functional groups attached to an aromatic ring is 1. The van der Waals surface area contributed by atoms with Crippen molar-refractivity contribution < 1.29 is 8.42 Å². The predicted molar refractivity (Wildman–Crippen MR) is 75.4 cm³/mol. The molecule has 100 valence electrons. The lowest BCUT2D eigenvalue weighted by molar-refractivity contribution is 0.601. The number of benzene rings is 1. The van der Waals surface area contributed by atoms with Crippen LogP contribution in [0.2, 0.25) is 0 Å². The van der Waals surface area contributed by atoms with E-state index >= 15 is 0 Å². The molecule has 1 heterocycles. The molecule has 6 heteroatoms. The zero-order valence-electron chi connectivity index (χ0n) is 10.7. The number of aryl methyl sites for hydroxylation is 2. The number of nitrogens with zero attached hydrogens (tertiary/aromatic N) is 1. The van der Waals surface area contributed by atoms with Gasteiger partial charge in [0.25, 0.3) is 10.0 Å². The Hall–Kier alpha value is -2.08. The summed E-state index contributed by atoms with van der Waals surface area (Å²) >= 11 is 0. The average molecular weight is 277 g/mol. The summed E-state index contributed by atoms with van der Waals surface area (Å²) in [6, 6.07) is 6.50. The summed E-state index contributed by atoms with van der Waals surface area (Å²) in [5.41, 5.74) is 8.25. The molecule has 2 aromatic rings. The van der Waals surface area contributed by atoms with Gasteiger partial charge in [-0.1, -0.05) is 6.07 Å². The van der Waals surface area contributed by atoms with Crippen molar-refractivity contribution in [1.82, 2.24) is 4.98 Å². The molecule has 0 aliphatic rings. The lowest BCUT2D eigenvalue weighted by atomic mass is 10.1. The summed E-state index contributed by atoms with van der Waals surface area (Å²) in [6.07, 6.45) is 2.88. The highest BCUT2D eigenvalue weighted by Gasteiger charge is 2.15. The maximum absolute atomic E-state index is 12.2. The fourth-order valence-electron chi connectivity index (χ4n) is 1.58. The van der Waals surface area contributed by atoms with E-state index < -0.39 is 10.0 Å². The number of aromatic nitrogens is 1. The van der Waals surface area contributed by atoms with E-state index in [9.17, 15) is 8.42 Å². The molecule has 0 aliphatic carbocycles. The Labute approximate surface area is 112 Å². The molecular formula is C13H15N3O2S. The van der Waals surface area contributed by atoms with E-state index in [0.717, 1.165) is 11.1 Å². The molecule has 0 spiro atoms. The van der Waals surface area contributed by atoms with Gasteiger partial charge in [0.1, 0.15) is 0 Å². The maximum atomic E-state index is 12.2. The van der Waals surface area contributed by atoms with Gasteiger partial charge in [-0.3, -0.25) is 9.71 Å². The Morgan fingerprint density at radius 1 is 1.16 bits per heavy atom. The highest BCUT2D eigenvalue weighted by molar-refractivity contribution is 7.92. The zero-order chi connectivity index (χ0) is 14.0. The van der Waals surface area contributed by atoms with E-state index in [2.05, 4.69) is 9.71 Å². The third kappa shape index (κ3) is 2.85. The van der Waals surface area contributed by atoms with Crippen molar-refractivity contribution in [2.75, 3.05) is 10.5 Å². The van der Waals surface area contributed by atoms with Crippen molar-refractivity contribution in [3.05, 3.63) is 47.8 Å². The number of anilines is 2. The van der Waals surface area contributed by atoms with Crippen molar-refractivity contribution in [2.45, 2.75) is 18.7 Å². The van der Waals surface area contributed by atoms with Crippen LogP contribution in [0.3, 0.4) is 0 Å². The van der Waals surface area contributed by atoms with Gasteiger partial charge in [0.2, 0.25) is 0 Å². The van der Waals surface area contributed by atoms with E-state index in [1.54, 1.807) is 18.2 Å². The molecule has 0 aliphatic heterocycles. The average Bonchev–Trinajstić information content (AvgIpc) is 2.35. The molecule has 5 nitrogen and oxygen atoms in total. The molecule has 1 aromatic heterocycles. The van der Waals surface area contributed by atoms with Crippen molar-refractivity contribution in [3.8, 4) is 0 Å². The molecule has 0 saturated carbocycles. The second-order valence-corrected chi connectivity index (χ2v) is 6.00. The number of hydrogen-bond acceptors (Lipinski definition) is 4. The Kier molecular flexibility index (Phi) is 3.44. The van der Waals surface area contributed by atoms with Crippen LogP contribution >= 0.6 is 0 Å². The highest BCUT2D eigenvalue weighted by Crippen LogP contribution is 2.21. The molecule has 2 rings (SSSR count). The minimum atomic E-state index is -3.63. The van der Waals surface area contributed by atoms with E-state index in [4.69, 9.17) is 5.73 Å². The smallest absolute Gasteiger partial charge is 0.261 e. The van der Waals surface area contributed by atoms with Crippen molar-refractivity contribution in [2.24, 2.45) is 0 Å². The van der Waals surface area contributed by atoms with Crippen LogP contribution in [0.5, 0.6) is 0 Å². The Morgan fingerprint density at radius 2 is 1.89 bits per heavy atom. The summed E-state index contributed by atoms with van der Waals surface area (Å²) in [7, 11) is -3.63. The van der Waals surface area contributed by atoms with Gasteiger partial charge in [0.05, 0.1) is 22.5 Å². The number of hydrogen-bond donors (Lipinski definition) is 2. The van der Waals surface area contributed by atoms with Gasteiger partial charge in [0.15, 0.2) is 0 Å². The largest absolute Gasteiger partial charge is 0.396 e. The fourth-order valence-corrected chi connectivity index (χ4v) is 2.76. The molecular weight excluding hydrogens is 262 g/mol. The van der Waals surface area contributed by atoms with Crippen LogP contribution in [-0.4, -0.2) is 13.4 Å². The molecule has 0 saturated heterocycles. The lowest BCUT2D eigenvalue weighted by Gasteiger charge is -2.11. The highest BCUT2D eigenvalue weighted by atomic mass is 32.2. The number of nitrogens with one attached hydrogen (secondary N) is 1. The molecule has 0 amide bonds. The molecule has 0 fully saturated rings. The first kappa shape index (κ1) is 13.4. The topological polar surface area (TPSA) is 85.1 Å². The number of rotatable bonds is 3. The van der Waals surface area contributed by atoms with Crippen LogP contribution < -0.4 is 10.5 Å².